The molecule has 0 aliphatic rings. The van der Waals surface area contributed by atoms with E-state index in [4.69, 9.17) is 11.0 Å². The molecule has 2 rings (SSSR count). The smallest absolute Gasteiger partial charge is 0.245 e. The molecule has 0 fully saturated rings. The SMILES string of the molecule is N#Cc1ccc(NC(=O)[C@H](N)c2ccccc2)c(F)c1. The standard InChI is InChI=1S/C15H12FN3O/c16-12-8-10(9-17)6-7-13(12)19-15(20)14(18)11-4-2-1-3-5-11/h1-8,14H,18H2,(H,19,20)/t14-/m1/s1. The van der Waals surface area contributed by atoms with Crippen LogP contribution in [0.4, 0.5) is 10.1 Å². The van der Waals surface area contributed by atoms with Gasteiger partial charge in [-0.25, -0.2) is 4.39 Å². The van der Waals surface area contributed by atoms with Gasteiger partial charge in [0.25, 0.3) is 0 Å². The number of nitrogens with one attached hydrogen (secondary N) is 1. The molecular formula is C15H12FN3O. The second kappa shape index (κ2) is 5.95. The Morgan fingerprint density at radius 1 is 1.25 bits per heavy atom. The van der Waals surface area contributed by atoms with Crippen LogP contribution in [-0.4, -0.2) is 5.91 Å². The van der Waals surface area contributed by atoms with Gasteiger partial charge in [0.1, 0.15) is 11.9 Å². The van der Waals surface area contributed by atoms with Crippen molar-refractivity contribution in [2.24, 2.45) is 5.73 Å². The maximum Gasteiger partial charge on any atom is 0.245 e. The fourth-order valence-corrected chi connectivity index (χ4v) is 1.71. The molecule has 2 aromatic rings. The third kappa shape index (κ3) is 2.99. The van der Waals surface area contributed by atoms with Gasteiger partial charge < -0.3 is 11.1 Å². The summed E-state index contributed by atoms with van der Waals surface area (Å²) in [6.07, 6.45) is 0. The van der Waals surface area contributed by atoms with Gasteiger partial charge in [0.05, 0.1) is 17.3 Å². The van der Waals surface area contributed by atoms with Gasteiger partial charge in [0, 0.05) is 0 Å². The molecule has 0 saturated heterocycles. The maximum absolute atomic E-state index is 13.7. The number of nitrogens with two attached hydrogens (primary N) is 1. The zero-order valence-electron chi connectivity index (χ0n) is 10.5. The number of hydrogen-bond acceptors (Lipinski definition) is 3. The molecule has 100 valence electrons. The Labute approximate surface area is 115 Å². The minimum absolute atomic E-state index is 0.000353. The number of nitriles is 1. The molecule has 0 heterocycles. The Kier molecular flexibility index (Phi) is 4.08. The number of carbonyl (C=O) groups is 1. The fourth-order valence-electron chi connectivity index (χ4n) is 1.71. The average molecular weight is 269 g/mol. The quantitative estimate of drug-likeness (QED) is 0.897. The third-order valence-electron chi connectivity index (χ3n) is 2.80. The molecule has 2 aromatic carbocycles. The summed E-state index contributed by atoms with van der Waals surface area (Å²) in [5, 5.41) is 11.1. The zero-order valence-corrected chi connectivity index (χ0v) is 10.5. The highest BCUT2D eigenvalue weighted by Gasteiger charge is 2.17. The van der Waals surface area contributed by atoms with Crippen molar-refractivity contribution in [3.8, 4) is 6.07 Å². The number of halogens is 1. The van der Waals surface area contributed by atoms with Crippen LogP contribution >= 0.6 is 0 Å². The van der Waals surface area contributed by atoms with Crippen LogP contribution in [0.2, 0.25) is 0 Å². The normalized spacial score (nSPS) is 11.4. The molecule has 0 saturated carbocycles. The lowest BCUT2D eigenvalue weighted by Gasteiger charge is -2.13. The number of benzene rings is 2. The van der Waals surface area contributed by atoms with Crippen molar-refractivity contribution in [1.82, 2.24) is 0 Å². The molecule has 0 unspecified atom stereocenters. The summed E-state index contributed by atoms with van der Waals surface area (Å²) in [6.45, 7) is 0. The summed E-state index contributed by atoms with van der Waals surface area (Å²) < 4.78 is 13.7. The predicted octanol–water partition coefficient (Wildman–Crippen LogP) is 2.34. The first kappa shape index (κ1) is 13.7. The average Bonchev–Trinajstić information content (AvgIpc) is 2.49. The van der Waals surface area contributed by atoms with Gasteiger partial charge in [-0.1, -0.05) is 30.3 Å². The predicted molar refractivity (Wildman–Crippen MR) is 73.1 cm³/mol. The molecule has 0 radical (unpaired) electrons. The molecule has 0 aliphatic heterocycles. The highest BCUT2D eigenvalue weighted by Crippen LogP contribution is 2.18. The monoisotopic (exact) mass is 269 g/mol. The van der Waals surface area contributed by atoms with Crippen molar-refractivity contribution in [3.05, 3.63) is 65.5 Å². The molecular weight excluding hydrogens is 257 g/mol. The molecule has 0 bridgehead atoms. The van der Waals surface area contributed by atoms with E-state index in [0.717, 1.165) is 6.07 Å². The third-order valence-corrected chi connectivity index (χ3v) is 2.80. The van der Waals surface area contributed by atoms with E-state index < -0.39 is 17.8 Å². The van der Waals surface area contributed by atoms with Gasteiger partial charge in [-0.3, -0.25) is 4.79 Å². The minimum Gasteiger partial charge on any atom is -0.322 e. The van der Waals surface area contributed by atoms with Gasteiger partial charge >= 0.3 is 0 Å². The lowest BCUT2D eigenvalue weighted by molar-refractivity contribution is -0.117. The van der Waals surface area contributed by atoms with Gasteiger partial charge in [0.15, 0.2) is 0 Å². The fraction of sp³-hybridized carbons (Fsp3) is 0.0667. The van der Waals surface area contributed by atoms with E-state index in [9.17, 15) is 9.18 Å². The van der Waals surface area contributed by atoms with E-state index in [-0.39, 0.29) is 11.3 Å². The van der Waals surface area contributed by atoms with E-state index in [2.05, 4.69) is 5.32 Å². The highest BCUT2D eigenvalue weighted by molar-refractivity contribution is 5.95. The summed E-state index contributed by atoms with van der Waals surface area (Å²) >= 11 is 0. The Balaban J connectivity index is 2.14. The number of anilines is 1. The number of carbonyl (C=O) groups excluding carboxylic acids is 1. The van der Waals surface area contributed by atoms with Crippen molar-refractivity contribution in [1.29, 1.82) is 5.26 Å². The van der Waals surface area contributed by atoms with Crippen LogP contribution in [0.15, 0.2) is 48.5 Å². The van der Waals surface area contributed by atoms with Crippen LogP contribution in [0, 0.1) is 17.1 Å². The van der Waals surface area contributed by atoms with Crippen LogP contribution in [0.5, 0.6) is 0 Å². The van der Waals surface area contributed by atoms with E-state index in [0.29, 0.717) is 5.56 Å². The topological polar surface area (TPSA) is 78.9 Å². The molecule has 0 aromatic heterocycles. The lowest BCUT2D eigenvalue weighted by atomic mass is 10.1. The number of nitrogens with zero attached hydrogens (tertiary/aromatic N) is 1. The number of hydrogen-bond donors (Lipinski definition) is 2. The molecule has 1 amide bonds. The molecule has 20 heavy (non-hydrogen) atoms. The molecule has 5 heteroatoms. The number of rotatable bonds is 3. The van der Waals surface area contributed by atoms with Crippen LogP contribution in [0.3, 0.4) is 0 Å². The van der Waals surface area contributed by atoms with Gasteiger partial charge in [-0.2, -0.15) is 5.26 Å². The van der Waals surface area contributed by atoms with Crippen LogP contribution in [0.25, 0.3) is 0 Å². The van der Waals surface area contributed by atoms with Crippen molar-refractivity contribution in [2.75, 3.05) is 5.32 Å². The molecule has 0 spiro atoms. The van der Waals surface area contributed by atoms with E-state index in [1.165, 1.54) is 12.1 Å². The summed E-state index contributed by atoms with van der Waals surface area (Å²) in [4.78, 5) is 12.0. The number of amides is 1. The highest BCUT2D eigenvalue weighted by atomic mass is 19.1. The Hall–Kier alpha value is -2.71. The summed E-state index contributed by atoms with van der Waals surface area (Å²) in [6, 6.07) is 13.6. The van der Waals surface area contributed by atoms with Gasteiger partial charge in [-0.05, 0) is 23.8 Å². The maximum atomic E-state index is 13.7. The summed E-state index contributed by atoms with van der Waals surface area (Å²) in [5.74, 6) is -1.18. The molecule has 1 atom stereocenters. The van der Waals surface area contributed by atoms with Crippen LogP contribution < -0.4 is 11.1 Å². The Morgan fingerprint density at radius 2 is 1.95 bits per heavy atom. The van der Waals surface area contributed by atoms with Crippen molar-refractivity contribution >= 4 is 11.6 Å². The first-order valence-electron chi connectivity index (χ1n) is 5.93. The molecule has 3 N–H and O–H groups in total. The first-order chi connectivity index (χ1) is 9.61. The zero-order chi connectivity index (χ0) is 14.5. The van der Waals surface area contributed by atoms with Crippen LogP contribution in [0.1, 0.15) is 17.2 Å². The summed E-state index contributed by atoms with van der Waals surface area (Å²) in [7, 11) is 0. The van der Waals surface area contributed by atoms with Crippen molar-refractivity contribution in [2.45, 2.75) is 6.04 Å². The van der Waals surface area contributed by atoms with E-state index in [1.54, 1.807) is 24.3 Å². The van der Waals surface area contributed by atoms with Gasteiger partial charge in [0.2, 0.25) is 5.91 Å². The second-order valence-corrected chi connectivity index (χ2v) is 4.18. The van der Waals surface area contributed by atoms with E-state index >= 15 is 0 Å². The first-order valence-corrected chi connectivity index (χ1v) is 5.93. The van der Waals surface area contributed by atoms with Crippen molar-refractivity contribution < 1.29 is 9.18 Å². The second-order valence-electron chi connectivity index (χ2n) is 4.18. The summed E-state index contributed by atoms with van der Waals surface area (Å²) in [5.41, 5.74) is 6.63. The van der Waals surface area contributed by atoms with Gasteiger partial charge in [-0.15, -0.1) is 0 Å². The van der Waals surface area contributed by atoms with E-state index in [1.807, 2.05) is 12.1 Å². The largest absolute Gasteiger partial charge is 0.322 e. The Morgan fingerprint density at radius 3 is 2.55 bits per heavy atom. The van der Waals surface area contributed by atoms with Crippen molar-refractivity contribution in [3.63, 3.8) is 0 Å². The molecule has 0 aliphatic carbocycles. The lowest BCUT2D eigenvalue weighted by Crippen LogP contribution is -2.28. The Bertz CT molecular complexity index is 665. The molecule has 4 nitrogen and oxygen atoms in total. The van der Waals surface area contributed by atoms with Crippen LogP contribution in [-0.2, 0) is 4.79 Å². The minimum atomic E-state index is -0.883.